The highest BCUT2D eigenvalue weighted by Gasteiger charge is 2.09. The molecule has 0 saturated heterocycles. The summed E-state index contributed by atoms with van der Waals surface area (Å²) in [6.07, 6.45) is 2.11. The molecule has 0 radical (unpaired) electrons. The summed E-state index contributed by atoms with van der Waals surface area (Å²) in [5.41, 5.74) is 1.56. The summed E-state index contributed by atoms with van der Waals surface area (Å²) in [4.78, 5) is 12.0. The SMILES string of the molecule is CCc1occ(OCc2ccccc2)c(=O)c1C. The smallest absolute Gasteiger partial charge is 0.229 e. The Bertz CT molecular complexity index is 570. The summed E-state index contributed by atoms with van der Waals surface area (Å²) >= 11 is 0. The molecule has 0 fully saturated rings. The summed E-state index contributed by atoms with van der Waals surface area (Å²) in [6, 6.07) is 9.72. The fourth-order valence-electron chi connectivity index (χ4n) is 1.76. The fourth-order valence-corrected chi connectivity index (χ4v) is 1.76. The average molecular weight is 244 g/mol. The maximum atomic E-state index is 12.0. The molecule has 2 aromatic rings. The second-order valence-electron chi connectivity index (χ2n) is 4.11. The minimum atomic E-state index is -0.0889. The molecule has 0 spiro atoms. The number of aryl methyl sites for hydroxylation is 1. The Balaban J connectivity index is 2.16. The lowest BCUT2D eigenvalue weighted by Gasteiger charge is -2.07. The van der Waals surface area contributed by atoms with E-state index in [4.69, 9.17) is 9.15 Å². The Morgan fingerprint density at radius 2 is 1.94 bits per heavy atom. The lowest BCUT2D eigenvalue weighted by Crippen LogP contribution is -2.12. The topological polar surface area (TPSA) is 39.4 Å². The third-order valence-electron chi connectivity index (χ3n) is 2.85. The van der Waals surface area contributed by atoms with Gasteiger partial charge in [0.1, 0.15) is 18.6 Å². The van der Waals surface area contributed by atoms with Crippen LogP contribution in [0.1, 0.15) is 23.8 Å². The number of benzene rings is 1. The van der Waals surface area contributed by atoms with Crippen LogP contribution in [0.2, 0.25) is 0 Å². The molecule has 1 heterocycles. The number of hydrogen-bond donors (Lipinski definition) is 0. The molecule has 2 rings (SSSR count). The third kappa shape index (κ3) is 2.62. The van der Waals surface area contributed by atoms with Crippen LogP contribution in [0.15, 0.2) is 45.8 Å². The second kappa shape index (κ2) is 5.54. The first kappa shape index (κ1) is 12.4. The van der Waals surface area contributed by atoms with Crippen LogP contribution in [0.5, 0.6) is 5.75 Å². The quantitative estimate of drug-likeness (QED) is 0.829. The fraction of sp³-hybridized carbons (Fsp3) is 0.267. The first-order valence-electron chi connectivity index (χ1n) is 6.00. The zero-order chi connectivity index (χ0) is 13.0. The summed E-state index contributed by atoms with van der Waals surface area (Å²) in [7, 11) is 0. The van der Waals surface area contributed by atoms with Crippen LogP contribution in [-0.2, 0) is 13.0 Å². The minimum Gasteiger partial charge on any atom is -0.482 e. The van der Waals surface area contributed by atoms with E-state index in [0.29, 0.717) is 24.4 Å². The highest BCUT2D eigenvalue weighted by atomic mass is 16.5. The van der Waals surface area contributed by atoms with Gasteiger partial charge in [-0.2, -0.15) is 0 Å². The van der Waals surface area contributed by atoms with Gasteiger partial charge in [-0.25, -0.2) is 0 Å². The van der Waals surface area contributed by atoms with Crippen LogP contribution < -0.4 is 10.2 Å². The van der Waals surface area contributed by atoms with E-state index in [0.717, 1.165) is 5.56 Å². The van der Waals surface area contributed by atoms with Crippen molar-refractivity contribution >= 4 is 0 Å². The zero-order valence-electron chi connectivity index (χ0n) is 10.6. The molecule has 0 bridgehead atoms. The van der Waals surface area contributed by atoms with Gasteiger partial charge in [0.05, 0.1) is 0 Å². The lowest BCUT2D eigenvalue weighted by atomic mass is 10.2. The predicted octanol–water partition coefficient (Wildman–Crippen LogP) is 3.09. The van der Waals surface area contributed by atoms with Gasteiger partial charge in [0.15, 0.2) is 0 Å². The van der Waals surface area contributed by atoms with Crippen LogP contribution >= 0.6 is 0 Å². The minimum absolute atomic E-state index is 0.0889. The van der Waals surface area contributed by atoms with Gasteiger partial charge in [0.25, 0.3) is 0 Å². The van der Waals surface area contributed by atoms with Gasteiger partial charge in [0.2, 0.25) is 11.2 Å². The van der Waals surface area contributed by atoms with Crippen molar-refractivity contribution in [2.75, 3.05) is 0 Å². The Hall–Kier alpha value is -2.03. The van der Waals surface area contributed by atoms with Crippen molar-refractivity contribution in [1.82, 2.24) is 0 Å². The maximum absolute atomic E-state index is 12.0. The Labute approximate surface area is 106 Å². The largest absolute Gasteiger partial charge is 0.482 e. The first-order chi connectivity index (χ1) is 8.72. The Morgan fingerprint density at radius 1 is 1.22 bits per heavy atom. The van der Waals surface area contributed by atoms with Gasteiger partial charge < -0.3 is 9.15 Å². The van der Waals surface area contributed by atoms with Gasteiger partial charge >= 0.3 is 0 Å². The molecule has 1 aromatic heterocycles. The van der Waals surface area contributed by atoms with E-state index in [2.05, 4.69) is 0 Å². The van der Waals surface area contributed by atoms with Crippen molar-refractivity contribution in [2.24, 2.45) is 0 Å². The summed E-state index contributed by atoms with van der Waals surface area (Å²) in [5, 5.41) is 0. The number of rotatable bonds is 4. The first-order valence-corrected chi connectivity index (χ1v) is 6.00. The normalized spacial score (nSPS) is 10.3. The average Bonchev–Trinajstić information content (AvgIpc) is 2.42. The molecule has 0 amide bonds. The predicted molar refractivity (Wildman–Crippen MR) is 69.9 cm³/mol. The molecule has 18 heavy (non-hydrogen) atoms. The molecule has 0 saturated carbocycles. The van der Waals surface area contributed by atoms with E-state index in [1.54, 1.807) is 6.92 Å². The molecule has 0 aliphatic carbocycles. The van der Waals surface area contributed by atoms with Crippen molar-refractivity contribution in [3.8, 4) is 5.75 Å². The van der Waals surface area contributed by atoms with Crippen molar-refractivity contribution in [2.45, 2.75) is 26.9 Å². The molecule has 94 valence electrons. The van der Waals surface area contributed by atoms with Crippen molar-refractivity contribution in [1.29, 1.82) is 0 Å². The van der Waals surface area contributed by atoms with Crippen LogP contribution in [0.25, 0.3) is 0 Å². The van der Waals surface area contributed by atoms with Crippen LogP contribution in [0, 0.1) is 6.92 Å². The zero-order valence-corrected chi connectivity index (χ0v) is 10.6. The Kier molecular flexibility index (Phi) is 3.82. The maximum Gasteiger partial charge on any atom is 0.229 e. The van der Waals surface area contributed by atoms with E-state index in [1.165, 1.54) is 6.26 Å². The van der Waals surface area contributed by atoms with E-state index in [1.807, 2.05) is 37.3 Å². The summed E-state index contributed by atoms with van der Waals surface area (Å²) in [5.74, 6) is 0.987. The molecule has 1 aromatic carbocycles. The van der Waals surface area contributed by atoms with Gasteiger partial charge in [-0.05, 0) is 12.5 Å². The van der Waals surface area contributed by atoms with Gasteiger partial charge in [-0.1, -0.05) is 37.3 Å². The van der Waals surface area contributed by atoms with Gasteiger partial charge in [-0.15, -0.1) is 0 Å². The molecule has 0 atom stereocenters. The highest BCUT2D eigenvalue weighted by Crippen LogP contribution is 2.12. The standard InChI is InChI=1S/C15H16O3/c1-3-13-11(2)15(16)14(10-18-13)17-9-12-7-5-4-6-8-12/h4-8,10H,3,9H2,1-2H3. The molecule has 0 aliphatic heterocycles. The van der Waals surface area contributed by atoms with Gasteiger partial charge in [0, 0.05) is 12.0 Å². The Morgan fingerprint density at radius 3 is 2.61 bits per heavy atom. The van der Waals surface area contributed by atoms with Crippen LogP contribution in [0.3, 0.4) is 0 Å². The second-order valence-corrected chi connectivity index (χ2v) is 4.11. The molecule has 0 aliphatic rings. The molecule has 0 N–H and O–H groups in total. The number of hydrogen-bond acceptors (Lipinski definition) is 3. The van der Waals surface area contributed by atoms with Crippen molar-refractivity contribution < 1.29 is 9.15 Å². The number of ether oxygens (including phenoxy) is 1. The van der Waals surface area contributed by atoms with Crippen LogP contribution in [-0.4, -0.2) is 0 Å². The van der Waals surface area contributed by atoms with E-state index >= 15 is 0 Å². The molecular weight excluding hydrogens is 228 g/mol. The molecular formula is C15H16O3. The third-order valence-corrected chi connectivity index (χ3v) is 2.85. The van der Waals surface area contributed by atoms with E-state index in [-0.39, 0.29) is 11.2 Å². The molecule has 3 heteroatoms. The summed E-state index contributed by atoms with van der Waals surface area (Å²) in [6.45, 7) is 4.09. The molecule has 0 unspecified atom stereocenters. The van der Waals surface area contributed by atoms with Crippen molar-refractivity contribution in [3.05, 3.63) is 63.7 Å². The summed E-state index contributed by atoms with van der Waals surface area (Å²) < 4.78 is 10.9. The lowest BCUT2D eigenvalue weighted by molar-refractivity contribution is 0.289. The van der Waals surface area contributed by atoms with Gasteiger partial charge in [-0.3, -0.25) is 4.79 Å². The van der Waals surface area contributed by atoms with E-state index in [9.17, 15) is 4.79 Å². The van der Waals surface area contributed by atoms with Crippen LogP contribution in [0.4, 0.5) is 0 Å². The monoisotopic (exact) mass is 244 g/mol. The highest BCUT2D eigenvalue weighted by molar-refractivity contribution is 5.26. The molecule has 3 nitrogen and oxygen atoms in total. The van der Waals surface area contributed by atoms with Crippen molar-refractivity contribution in [3.63, 3.8) is 0 Å². The van der Waals surface area contributed by atoms with E-state index < -0.39 is 0 Å².